The van der Waals surface area contributed by atoms with Crippen LogP contribution in [0.2, 0.25) is 10.0 Å². The fourth-order valence-electron chi connectivity index (χ4n) is 3.56. The molecule has 0 spiro atoms. The number of anilines is 1. The normalized spacial score (nSPS) is 15.8. The van der Waals surface area contributed by atoms with Crippen LogP contribution in [0, 0.1) is 0 Å². The summed E-state index contributed by atoms with van der Waals surface area (Å²) in [6, 6.07) is 16.5. The number of pyridine rings is 1. The molecule has 1 N–H and O–H groups in total. The first-order valence-electron chi connectivity index (χ1n) is 9.20. The molecule has 7 heteroatoms. The van der Waals surface area contributed by atoms with Crippen LogP contribution in [0.1, 0.15) is 18.4 Å². The van der Waals surface area contributed by atoms with E-state index >= 15 is 0 Å². The van der Waals surface area contributed by atoms with E-state index in [4.69, 9.17) is 32.7 Å². The summed E-state index contributed by atoms with van der Waals surface area (Å²) in [6.45, 7) is 0.209. The molecule has 29 heavy (non-hydrogen) atoms. The van der Waals surface area contributed by atoms with Crippen LogP contribution in [0.4, 0.5) is 5.82 Å². The first-order chi connectivity index (χ1) is 14.1. The van der Waals surface area contributed by atoms with Gasteiger partial charge < -0.3 is 14.8 Å². The highest BCUT2D eigenvalue weighted by atomic mass is 35.5. The third-order valence-electron chi connectivity index (χ3n) is 5.33. The summed E-state index contributed by atoms with van der Waals surface area (Å²) in [5, 5.41) is 3.85. The van der Waals surface area contributed by atoms with E-state index in [1.807, 2.05) is 42.5 Å². The van der Waals surface area contributed by atoms with Gasteiger partial charge in [-0.25, -0.2) is 4.98 Å². The number of amides is 1. The van der Waals surface area contributed by atoms with E-state index in [1.54, 1.807) is 12.1 Å². The summed E-state index contributed by atoms with van der Waals surface area (Å²) in [6.07, 6.45) is 1.55. The number of carbonyl (C=O) groups excluding carboxylic acids is 1. The molecule has 2 heterocycles. The smallest absolute Gasteiger partial charge is 0.236 e. The Kier molecular flexibility index (Phi) is 4.37. The van der Waals surface area contributed by atoms with Crippen molar-refractivity contribution in [1.29, 1.82) is 0 Å². The van der Waals surface area contributed by atoms with E-state index in [0.717, 1.165) is 18.4 Å². The van der Waals surface area contributed by atoms with Crippen LogP contribution in [0.25, 0.3) is 11.3 Å². The van der Waals surface area contributed by atoms with E-state index in [0.29, 0.717) is 38.6 Å². The largest absolute Gasteiger partial charge is 0.454 e. The lowest BCUT2D eigenvalue weighted by atomic mass is 9.94. The maximum Gasteiger partial charge on any atom is 0.236 e. The van der Waals surface area contributed by atoms with Crippen LogP contribution >= 0.6 is 23.2 Å². The first-order valence-corrected chi connectivity index (χ1v) is 9.95. The van der Waals surface area contributed by atoms with Crippen molar-refractivity contribution < 1.29 is 14.3 Å². The quantitative estimate of drug-likeness (QED) is 0.601. The molecular formula is C22H16Cl2N2O3. The Morgan fingerprint density at radius 2 is 1.79 bits per heavy atom. The van der Waals surface area contributed by atoms with Gasteiger partial charge in [0, 0.05) is 5.56 Å². The fraction of sp³-hybridized carbons (Fsp3) is 0.182. The third kappa shape index (κ3) is 3.20. The number of nitrogens with one attached hydrogen (secondary N) is 1. The Labute approximate surface area is 177 Å². The number of benzene rings is 2. The Bertz CT molecular complexity index is 1130. The van der Waals surface area contributed by atoms with Gasteiger partial charge in [0.15, 0.2) is 11.5 Å². The summed E-state index contributed by atoms with van der Waals surface area (Å²) in [7, 11) is 0. The van der Waals surface area contributed by atoms with Crippen LogP contribution in [-0.4, -0.2) is 17.7 Å². The topological polar surface area (TPSA) is 60.5 Å². The number of nitrogens with zero attached hydrogens (tertiary/aromatic N) is 1. The van der Waals surface area contributed by atoms with E-state index in [-0.39, 0.29) is 12.7 Å². The molecule has 0 atom stereocenters. The molecule has 0 saturated heterocycles. The Hall–Kier alpha value is -2.76. The summed E-state index contributed by atoms with van der Waals surface area (Å²) in [4.78, 5) is 17.7. The van der Waals surface area contributed by atoms with Gasteiger partial charge in [0.1, 0.15) is 5.82 Å². The highest BCUT2D eigenvalue weighted by molar-refractivity contribution is 6.43. The average molecular weight is 427 g/mol. The number of carbonyl (C=O) groups is 1. The van der Waals surface area contributed by atoms with Gasteiger partial charge in [-0.1, -0.05) is 47.5 Å². The molecule has 2 aliphatic rings. The van der Waals surface area contributed by atoms with Gasteiger partial charge >= 0.3 is 0 Å². The van der Waals surface area contributed by atoms with Crippen LogP contribution in [0.3, 0.4) is 0 Å². The molecule has 1 aromatic heterocycles. The van der Waals surface area contributed by atoms with Gasteiger partial charge in [0.2, 0.25) is 12.7 Å². The van der Waals surface area contributed by atoms with Crippen molar-refractivity contribution in [2.45, 2.75) is 18.3 Å². The Morgan fingerprint density at radius 3 is 2.62 bits per heavy atom. The van der Waals surface area contributed by atoms with Gasteiger partial charge in [-0.2, -0.15) is 0 Å². The van der Waals surface area contributed by atoms with Crippen molar-refractivity contribution in [3.05, 3.63) is 70.2 Å². The van der Waals surface area contributed by atoms with Crippen LogP contribution < -0.4 is 14.8 Å². The van der Waals surface area contributed by atoms with E-state index in [2.05, 4.69) is 10.3 Å². The second kappa shape index (κ2) is 6.94. The van der Waals surface area contributed by atoms with Gasteiger partial charge in [0.25, 0.3) is 0 Å². The molecule has 1 aliphatic carbocycles. The van der Waals surface area contributed by atoms with Crippen molar-refractivity contribution in [3.8, 4) is 22.8 Å². The minimum absolute atomic E-state index is 0.0850. The minimum atomic E-state index is -0.563. The zero-order valence-corrected chi connectivity index (χ0v) is 16.8. The lowest BCUT2D eigenvalue weighted by molar-refractivity contribution is -0.118. The van der Waals surface area contributed by atoms with E-state index < -0.39 is 5.41 Å². The minimum Gasteiger partial charge on any atom is -0.454 e. The van der Waals surface area contributed by atoms with Crippen molar-refractivity contribution in [2.75, 3.05) is 12.1 Å². The summed E-state index contributed by atoms with van der Waals surface area (Å²) < 4.78 is 10.8. The number of hydrogen-bond donors (Lipinski definition) is 1. The van der Waals surface area contributed by atoms with Crippen molar-refractivity contribution in [2.24, 2.45) is 0 Å². The number of halogens is 2. The lowest BCUT2D eigenvalue weighted by Crippen LogP contribution is -2.28. The van der Waals surface area contributed by atoms with Crippen LogP contribution in [0.5, 0.6) is 11.5 Å². The number of ether oxygens (including phenoxy) is 2. The lowest BCUT2D eigenvalue weighted by Gasteiger charge is -2.16. The molecule has 1 aliphatic heterocycles. The molecule has 0 unspecified atom stereocenters. The number of aromatic nitrogens is 1. The molecule has 5 rings (SSSR count). The van der Waals surface area contributed by atoms with Crippen molar-refractivity contribution in [3.63, 3.8) is 0 Å². The van der Waals surface area contributed by atoms with Gasteiger partial charge in [-0.15, -0.1) is 0 Å². The maximum absolute atomic E-state index is 13.1. The third-order valence-corrected chi connectivity index (χ3v) is 6.15. The standard InChI is InChI=1S/C22H16Cl2N2O3/c23-15-4-1-3-14(20(15)24)16-5-2-6-19(25-16)26-21(27)22(9-10-22)13-7-8-17-18(11-13)29-12-28-17/h1-8,11H,9-10,12H2,(H,25,26,27). The summed E-state index contributed by atoms with van der Waals surface area (Å²) in [5.41, 5.74) is 1.72. The molecule has 3 aromatic rings. The number of hydrogen-bond acceptors (Lipinski definition) is 4. The predicted molar refractivity (Wildman–Crippen MR) is 112 cm³/mol. The molecule has 0 bridgehead atoms. The Balaban J connectivity index is 1.41. The molecule has 1 saturated carbocycles. The zero-order chi connectivity index (χ0) is 20.0. The fourth-order valence-corrected chi connectivity index (χ4v) is 3.96. The van der Waals surface area contributed by atoms with Gasteiger partial charge in [-0.3, -0.25) is 4.79 Å². The van der Waals surface area contributed by atoms with Crippen molar-refractivity contribution >= 4 is 34.9 Å². The highest BCUT2D eigenvalue weighted by Crippen LogP contribution is 2.51. The van der Waals surface area contributed by atoms with Crippen LogP contribution in [-0.2, 0) is 10.2 Å². The molecule has 1 fully saturated rings. The predicted octanol–water partition coefficient (Wildman–Crippen LogP) is 5.45. The molecule has 5 nitrogen and oxygen atoms in total. The molecule has 146 valence electrons. The van der Waals surface area contributed by atoms with Gasteiger partial charge in [-0.05, 0) is 48.7 Å². The molecule has 2 aromatic carbocycles. The first kappa shape index (κ1) is 18.3. The summed E-state index contributed by atoms with van der Waals surface area (Å²) >= 11 is 12.4. The SMILES string of the molecule is O=C(Nc1cccc(-c2cccc(Cl)c2Cl)n1)C1(c2ccc3c(c2)OCO3)CC1. The Morgan fingerprint density at radius 1 is 1.00 bits per heavy atom. The van der Waals surface area contributed by atoms with Crippen molar-refractivity contribution in [1.82, 2.24) is 4.98 Å². The van der Waals surface area contributed by atoms with Gasteiger partial charge in [0.05, 0.1) is 21.2 Å². The highest BCUT2D eigenvalue weighted by Gasteiger charge is 2.51. The second-order valence-corrected chi connectivity index (χ2v) is 7.90. The number of fused-ring (bicyclic) bond motifs is 1. The molecular weight excluding hydrogens is 411 g/mol. The zero-order valence-electron chi connectivity index (χ0n) is 15.2. The second-order valence-electron chi connectivity index (χ2n) is 7.11. The summed E-state index contributed by atoms with van der Waals surface area (Å²) in [5.74, 6) is 1.77. The molecule has 0 radical (unpaired) electrons. The number of rotatable bonds is 4. The average Bonchev–Trinajstić information content (AvgIpc) is 3.41. The van der Waals surface area contributed by atoms with Crippen LogP contribution in [0.15, 0.2) is 54.6 Å². The van der Waals surface area contributed by atoms with E-state index in [9.17, 15) is 4.79 Å². The van der Waals surface area contributed by atoms with E-state index in [1.165, 1.54) is 0 Å². The molecule has 1 amide bonds. The maximum atomic E-state index is 13.1. The monoisotopic (exact) mass is 426 g/mol.